The topological polar surface area (TPSA) is 41.5 Å². The summed E-state index contributed by atoms with van der Waals surface area (Å²) in [6.07, 6.45) is 4.90. The van der Waals surface area contributed by atoms with E-state index < -0.39 is 0 Å². The van der Waals surface area contributed by atoms with E-state index in [1.807, 2.05) is 18.2 Å². The number of amides is 1. The number of aliphatic imine (C=N–C) groups is 1. The number of para-hydroxylation sites is 1. The number of carbonyl (C=O) groups excluding carboxylic acids is 1. The van der Waals surface area contributed by atoms with Gasteiger partial charge in [-0.05, 0) is 30.4 Å². The average molecular weight is 335 g/mol. The van der Waals surface area contributed by atoms with Crippen LogP contribution in [0.25, 0.3) is 0 Å². The van der Waals surface area contributed by atoms with Crippen LogP contribution in [0.3, 0.4) is 0 Å². The van der Waals surface area contributed by atoms with E-state index in [0.29, 0.717) is 17.7 Å². The van der Waals surface area contributed by atoms with Crippen LogP contribution < -0.4 is 5.32 Å². The van der Waals surface area contributed by atoms with Gasteiger partial charge in [0.1, 0.15) is 4.38 Å². The standard InChI is InChI=1S/C17H22N2OS2/c1-12-6-2-4-8-14(12)18-16(20)11-22-17-19-15-9-5-3-7-13(15)10-21-17/h3,5,7,9,12,14H,2,4,6,8,10-11H2,1H3,(H,18,20)/t12-,14+/m0/s1. The van der Waals surface area contributed by atoms with Crippen molar-refractivity contribution in [3.05, 3.63) is 29.8 Å². The quantitative estimate of drug-likeness (QED) is 0.893. The molecular weight excluding hydrogens is 312 g/mol. The Bertz CT molecular complexity index is 574. The summed E-state index contributed by atoms with van der Waals surface area (Å²) in [6.45, 7) is 2.25. The number of carbonyl (C=O) groups is 1. The van der Waals surface area contributed by atoms with Crippen LogP contribution in [-0.4, -0.2) is 22.1 Å². The van der Waals surface area contributed by atoms with E-state index in [4.69, 9.17) is 0 Å². The Balaban J connectivity index is 1.50. The molecule has 22 heavy (non-hydrogen) atoms. The van der Waals surface area contributed by atoms with Crippen molar-refractivity contribution < 1.29 is 4.79 Å². The van der Waals surface area contributed by atoms with Crippen molar-refractivity contribution in [2.75, 3.05) is 5.75 Å². The van der Waals surface area contributed by atoms with Gasteiger partial charge < -0.3 is 5.32 Å². The van der Waals surface area contributed by atoms with Crippen molar-refractivity contribution in [3.8, 4) is 0 Å². The smallest absolute Gasteiger partial charge is 0.230 e. The molecule has 0 aromatic heterocycles. The van der Waals surface area contributed by atoms with Crippen LogP contribution in [0.1, 0.15) is 38.2 Å². The van der Waals surface area contributed by atoms with E-state index >= 15 is 0 Å². The zero-order chi connectivity index (χ0) is 15.4. The molecule has 1 N–H and O–H groups in total. The van der Waals surface area contributed by atoms with Crippen molar-refractivity contribution in [3.63, 3.8) is 0 Å². The van der Waals surface area contributed by atoms with Crippen LogP contribution in [0.2, 0.25) is 0 Å². The summed E-state index contributed by atoms with van der Waals surface area (Å²) >= 11 is 3.29. The second-order valence-electron chi connectivity index (χ2n) is 6.02. The molecule has 3 rings (SSSR count). The predicted molar refractivity (Wildman–Crippen MR) is 96.9 cm³/mol. The van der Waals surface area contributed by atoms with Gasteiger partial charge in [0, 0.05) is 11.8 Å². The highest BCUT2D eigenvalue weighted by Crippen LogP contribution is 2.34. The molecule has 0 saturated heterocycles. The zero-order valence-electron chi connectivity index (χ0n) is 12.9. The van der Waals surface area contributed by atoms with Gasteiger partial charge in [0.25, 0.3) is 0 Å². The number of hydrogen-bond acceptors (Lipinski definition) is 4. The molecule has 1 aromatic carbocycles. The van der Waals surface area contributed by atoms with Crippen LogP contribution in [0.15, 0.2) is 29.3 Å². The monoisotopic (exact) mass is 334 g/mol. The molecule has 118 valence electrons. The van der Waals surface area contributed by atoms with Gasteiger partial charge in [-0.25, -0.2) is 4.99 Å². The van der Waals surface area contributed by atoms with Crippen molar-refractivity contribution in [2.24, 2.45) is 10.9 Å². The summed E-state index contributed by atoms with van der Waals surface area (Å²) in [5, 5.41) is 3.20. The number of rotatable bonds is 3. The van der Waals surface area contributed by atoms with Crippen LogP contribution in [0.5, 0.6) is 0 Å². The first-order chi connectivity index (χ1) is 10.7. The number of benzene rings is 1. The molecule has 1 fully saturated rings. The predicted octanol–water partition coefficient (Wildman–Crippen LogP) is 4.35. The summed E-state index contributed by atoms with van der Waals surface area (Å²) in [6, 6.07) is 8.58. The maximum atomic E-state index is 12.1. The van der Waals surface area contributed by atoms with Crippen LogP contribution in [-0.2, 0) is 10.5 Å². The van der Waals surface area contributed by atoms with Crippen molar-refractivity contribution in [1.82, 2.24) is 5.32 Å². The molecule has 1 heterocycles. The molecule has 1 aromatic rings. The lowest BCUT2D eigenvalue weighted by Crippen LogP contribution is -2.41. The fourth-order valence-electron chi connectivity index (χ4n) is 2.99. The second-order valence-corrected chi connectivity index (χ2v) is 8.21. The van der Waals surface area contributed by atoms with E-state index in [2.05, 4.69) is 23.3 Å². The van der Waals surface area contributed by atoms with E-state index in [1.165, 1.54) is 24.8 Å². The molecule has 0 spiro atoms. The Labute approximate surface area is 140 Å². The minimum atomic E-state index is 0.144. The SMILES string of the molecule is C[C@H]1CCCC[C@H]1NC(=O)CSC1=Nc2ccccc2CS1. The maximum Gasteiger partial charge on any atom is 0.230 e. The number of nitrogens with zero attached hydrogens (tertiary/aromatic N) is 1. The van der Waals surface area contributed by atoms with Crippen molar-refractivity contribution in [1.29, 1.82) is 0 Å². The molecule has 0 unspecified atom stereocenters. The molecule has 1 aliphatic heterocycles. The number of thioether (sulfide) groups is 2. The van der Waals surface area contributed by atoms with Crippen molar-refractivity contribution in [2.45, 2.75) is 44.4 Å². The fraction of sp³-hybridized carbons (Fsp3) is 0.529. The van der Waals surface area contributed by atoms with Gasteiger partial charge in [-0.2, -0.15) is 0 Å². The molecule has 5 heteroatoms. The number of fused-ring (bicyclic) bond motifs is 1. The van der Waals surface area contributed by atoms with Crippen LogP contribution >= 0.6 is 23.5 Å². The first kappa shape index (κ1) is 15.9. The Hall–Kier alpha value is -0.940. The first-order valence-corrected chi connectivity index (χ1v) is 9.91. The molecule has 1 saturated carbocycles. The molecule has 0 bridgehead atoms. The molecule has 1 amide bonds. The first-order valence-electron chi connectivity index (χ1n) is 7.94. The summed E-state index contributed by atoms with van der Waals surface area (Å²) in [4.78, 5) is 16.8. The zero-order valence-corrected chi connectivity index (χ0v) is 14.5. The molecule has 3 nitrogen and oxygen atoms in total. The van der Waals surface area contributed by atoms with Gasteiger partial charge in [-0.15, -0.1) is 0 Å². The molecule has 0 radical (unpaired) electrons. The van der Waals surface area contributed by atoms with Gasteiger partial charge in [0.15, 0.2) is 0 Å². The summed E-state index contributed by atoms with van der Waals surface area (Å²) in [5.74, 6) is 2.17. The summed E-state index contributed by atoms with van der Waals surface area (Å²) in [7, 11) is 0. The highest BCUT2D eigenvalue weighted by molar-refractivity contribution is 8.38. The van der Waals surface area contributed by atoms with E-state index in [9.17, 15) is 4.79 Å². The summed E-state index contributed by atoms with van der Waals surface area (Å²) in [5.41, 5.74) is 2.32. The Morgan fingerprint density at radius 2 is 2.18 bits per heavy atom. The normalized spacial score (nSPS) is 24.3. The lowest BCUT2D eigenvalue weighted by Gasteiger charge is -2.29. The minimum absolute atomic E-state index is 0.144. The Morgan fingerprint density at radius 1 is 1.36 bits per heavy atom. The van der Waals surface area contributed by atoms with Crippen LogP contribution in [0.4, 0.5) is 5.69 Å². The maximum absolute atomic E-state index is 12.1. The minimum Gasteiger partial charge on any atom is -0.352 e. The van der Waals surface area contributed by atoms with Gasteiger partial charge in [-0.3, -0.25) is 4.79 Å². The third kappa shape index (κ3) is 4.07. The summed E-state index contributed by atoms with van der Waals surface area (Å²) < 4.78 is 1.01. The van der Waals surface area contributed by atoms with Gasteiger partial charge in [0.05, 0.1) is 11.4 Å². The van der Waals surface area contributed by atoms with Gasteiger partial charge in [-0.1, -0.05) is 61.5 Å². The average Bonchev–Trinajstić information content (AvgIpc) is 2.55. The molecule has 2 aliphatic rings. The van der Waals surface area contributed by atoms with Gasteiger partial charge in [0.2, 0.25) is 5.91 Å². The molecule has 2 atom stereocenters. The highest BCUT2D eigenvalue weighted by atomic mass is 32.2. The molecular formula is C17H22N2OS2. The van der Waals surface area contributed by atoms with E-state index in [1.54, 1.807) is 23.5 Å². The Kier molecular flexibility index (Phi) is 5.47. The van der Waals surface area contributed by atoms with E-state index in [-0.39, 0.29) is 5.91 Å². The number of hydrogen-bond donors (Lipinski definition) is 1. The van der Waals surface area contributed by atoms with Gasteiger partial charge >= 0.3 is 0 Å². The fourth-order valence-corrected chi connectivity index (χ4v) is 4.87. The van der Waals surface area contributed by atoms with Crippen LogP contribution in [0, 0.1) is 5.92 Å². The lowest BCUT2D eigenvalue weighted by atomic mass is 9.86. The second kappa shape index (κ2) is 7.55. The molecule has 1 aliphatic carbocycles. The van der Waals surface area contributed by atoms with Crippen molar-refractivity contribution >= 4 is 39.5 Å². The third-order valence-electron chi connectivity index (χ3n) is 4.34. The van der Waals surface area contributed by atoms with E-state index in [0.717, 1.165) is 22.2 Å². The highest BCUT2D eigenvalue weighted by Gasteiger charge is 2.23. The lowest BCUT2D eigenvalue weighted by molar-refractivity contribution is -0.119. The third-order valence-corrected chi connectivity index (χ3v) is 6.58. The Morgan fingerprint density at radius 3 is 3.05 bits per heavy atom. The largest absolute Gasteiger partial charge is 0.352 e. The number of nitrogens with one attached hydrogen (secondary N) is 1.